The summed E-state index contributed by atoms with van der Waals surface area (Å²) in [5, 5.41) is 12.0. The Hall–Kier alpha value is -2.68. The van der Waals surface area contributed by atoms with Crippen LogP contribution in [0.15, 0.2) is 18.2 Å². The number of ether oxygens (including phenoxy) is 1. The molecule has 25 heavy (non-hydrogen) atoms. The van der Waals surface area contributed by atoms with Crippen molar-refractivity contribution in [3.63, 3.8) is 0 Å². The van der Waals surface area contributed by atoms with E-state index in [0.29, 0.717) is 5.69 Å². The highest BCUT2D eigenvalue weighted by Crippen LogP contribution is 2.30. The maximum Gasteiger partial charge on any atom is 0.414 e. The van der Waals surface area contributed by atoms with Gasteiger partial charge in [0.05, 0.1) is 24.5 Å². The van der Waals surface area contributed by atoms with Crippen molar-refractivity contribution in [2.45, 2.75) is 25.6 Å². The molecule has 2 aliphatic heterocycles. The summed E-state index contributed by atoms with van der Waals surface area (Å²) >= 11 is 0. The molecule has 8 nitrogen and oxygen atoms in total. The van der Waals surface area contributed by atoms with E-state index in [2.05, 4.69) is 5.32 Å². The zero-order valence-corrected chi connectivity index (χ0v) is 13.6. The molecule has 0 aromatic heterocycles. The average molecular weight is 351 g/mol. The van der Waals surface area contributed by atoms with E-state index < -0.39 is 30.0 Å². The van der Waals surface area contributed by atoms with Gasteiger partial charge in [0.15, 0.2) is 0 Å². The maximum atomic E-state index is 14.4. The van der Waals surface area contributed by atoms with E-state index >= 15 is 0 Å². The molecule has 1 aromatic carbocycles. The number of rotatable bonds is 4. The van der Waals surface area contributed by atoms with Crippen LogP contribution in [0.5, 0.6) is 0 Å². The molecule has 2 heterocycles. The summed E-state index contributed by atoms with van der Waals surface area (Å²) in [6.07, 6.45) is -2.00. The van der Waals surface area contributed by atoms with Crippen molar-refractivity contribution in [1.29, 1.82) is 0 Å². The van der Waals surface area contributed by atoms with E-state index in [-0.39, 0.29) is 37.6 Å². The monoisotopic (exact) mass is 351 g/mol. The molecule has 9 heteroatoms. The molecule has 2 atom stereocenters. The first-order chi connectivity index (χ1) is 11.9. The Balaban J connectivity index is 1.73. The minimum absolute atomic E-state index is 0.0626. The quantitative estimate of drug-likeness (QED) is 0.817. The third-order valence-corrected chi connectivity index (χ3v) is 4.16. The van der Waals surface area contributed by atoms with Crippen LogP contribution in [0.1, 0.15) is 13.3 Å². The number of anilines is 2. The molecular weight excluding hydrogens is 333 g/mol. The van der Waals surface area contributed by atoms with Gasteiger partial charge in [0.2, 0.25) is 5.91 Å². The molecule has 2 N–H and O–H groups in total. The fourth-order valence-electron chi connectivity index (χ4n) is 2.88. The first-order valence-electron chi connectivity index (χ1n) is 7.88. The lowest BCUT2D eigenvalue weighted by atomic mass is 10.2. The summed E-state index contributed by atoms with van der Waals surface area (Å²) < 4.78 is 19.6. The van der Waals surface area contributed by atoms with Gasteiger partial charge in [-0.15, -0.1) is 0 Å². The number of hydrogen-bond acceptors (Lipinski definition) is 5. The van der Waals surface area contributed by atoms with Crippen LogP contribution in [-0.4, -0.2) is 54.9 Å². The molecule has 0 spiro atoms. The van der Waals surface area contributed by atoms with Gasteiger partial charge in [-0.3, -0.25) is 14.5 Å². The largest absolute Gasteiger partial charge is 0.442 e. The van der Waals surface area contributed by atoms with Crippen LogP contribution in [0, 0.1) is 5.82 Å². The Morgan fingerprint density at radius 2 is 2.16 bits per heavy atom. The molecule has 2 saturated heterocycles. The van der Waals surface area contributed by atoms with Gasteiger partial charge in [0, 0.05) is 19.9 Å². The number of aliphatic hydroxyl groups is 1. The molecule has 2 aliphatic rings. The van der Waals surface area contributed by atoms with Crippen molar-refractivity contribution in [1.82, 2.24) is 5.32 Å². The second-order valence-electron chi connectivity index (χ2n) is 5.98. The summed E-state index contributed by atoms with van der Waals surface area (Å²) in [6, 6.07) is 4.06. The number of aliphatic hydroxyl groups excluding tert-OH is 1. The molecule has 1 aromatic rings. The predicted molar refractivity (Wildman–Crippen MR) is 85.7 cm³/mol. The van der Waals surface area contributed by atoms with E-state index in [0.717, 1.165) is 6.07 Å². The molecule has 0 aliphatic carbocycles. The van der Waals surface area contributed by atoms with E-state index in [1.54, 1.807) is 0 Å². The van der Waals surface area contributed by atoms with E-state index in [4.69, 9.17) is 4.74 Å². The molecular formula is C16H18FN3O5. The van der Waals surface area contributed by atoms with Gasteiger partial charge in [0.1, 0.15) is 18.0 Å². The summed E-state index contributed by atoms with van der Waals surface area (Å²) in [4.78, 5) is 37.1. The standard InChI is InChI=1S/C16H18FN3O5/c1-9(21)18-7-11-8-20(16(24)25-11)10-2-3-13(12(17)6-10)19-5-4-14(22)15(19)23/h2-3,6,11,14,22H,4-5,7-8H2,1H3,(H,18,21)/t11-,14?/m0/s1. The average Bonchev–Trinajstić information content (AvgIpc) is 3.09. The van der Waals surface area contributed by atoms with Crippen molar-refractivity contribution in [2.24, 2.45) is 0 Å². The maximum absolute atomic E-state index is 14.4. The van der Waals surface area contributed by atoms with E-state index in [9.17, 15) is 23.9 Å². The van der Waals surface area contributed by atoms with Crippen LogP contribution in [-0.2, 0) is 14.3 Å². The SMILES string of the molecule is CC(=O)NC[C@H]1CN(c2ccc(N3CCC(O)C3=O)c(F)c2)C(=O)O1. The number of carbonyl (C=O) groups is 3. The van der Waals surface area contributed by atoms with Gasteiger partial charge in [-0.25, -0.2) is 9.18 Å². The molecule has 0 bridgehead atoms. The Morgan fingerprint density at radius 1 is 1.40 bits per heavy atom. The number of carbonyl (C=O) groups excluding carboxylic acids is 3. The lowest BCUT2D eigenvalue weighted by molar-refractivity contribution is -0.124. The van der Waals surface area contributed by atoms with Crippen LogP contribution in [0.25, 0.3) is 0 Å². The first-order valence-corrected chi connectivity index (χ1v) is 7.88. The van der Waals surface area contributed by atoms with E-state index in [1.807, 2.05) is 0 Å². The summed E-state index contributed by atoms with van der Waals surface area (Å²) in [5.74, 6) is -1.44. The zero-order chi connectivity index (χ0) is 18.1. The zero-order valence-electron chi connectivity index (χ0n) is 13.6. The van der Waals surface area contributed by atoms with Crippen LogP contribution in [0.2, 0.25) is 0 Å². The Morgan fingerprint density at radius 3 is 2.76 bits per heavy atom. The highest BCUT2D eigenvalue weighted by atomic mass is 19.1. The number of cyclic esters (lactones) is 1. The normalized spacial score (nSPS) is 23.2. The second-order valence-corrected chi connectivity index (χ2v) is 5.98. The lowest BCUT2D eigenvalue weighted by Gasteiger charge is -2.19. The Labute approximate surface area is 143 Å². The molecule has 134 valence electrons. The molecule has 3 rings (SSSR count). The second kappa shape index (κ2) is 6.67. The van der Waals surface area contributed by atoms with Crippen LogP contribution in [0.4, 0.5) is 20.6 Å². The number of nitrogens with one attached hydrogen (secondary N) is 1. The molecule has 2 fully saturated rings. The molecule has 0 radical (unpaired) electrons. The topological polar surface area (TPSA) is 99.2 Å². The van der Waals surface area contributed by atoms with Crippen molar-refractivity contribution in [3.8, 4) is 0 Å². The number of hydrogen-bond donors (Lipinski definition) is 2. The fourth-order valence-corrected chi connectivity index (χ4v) is 2.88. The van der Waals surface area contributed by atoms with E-state index in [1.165, 1.54) is 28.9 Å². The summed E-state index contributed by atoms with van der Waals surface area (Å²) in [6.45, 7) is 1.96. The van der Waals surface area contributed by atoms with Crippen LogP contribution < -0.4 is 15.1 Å². The van der Waals surface area contributed by atoms with Gasteiger partial charge >= 0.3 is 6.09 Å². The molecule has 1 unspecified atom stereocenters. The summed E-state index contributed by atoms with van der Waals surface area (Å²) in [5.41, 5.74) is 0.358. The summed E-state index contributed by atoms with van der Waals surface area (Å²) in [7, 11) is 0. The minimum atomic E-state index is -1.11. The van der Waals surface area contributed by atoms with Crippen LogP contribution in [0.3, 0.4) is 0 Å². The van der Waals surface area contributed by atoms with Gasteiger partial charge in [-0.1, -0.05) is 0 Å². The minimum Gasteiger partial charge on any atom is -0.442 e. The third-order valence-electron chi connectivity index (χ3n) is 4.16. The smallest absolute Gasteiger partial charge is 0.414 e. The van der Waals surface area contributed by atoms with Crippen molar-refractivity contribution in [2.75, 3.05) is 29.4 Å². The molecule has 0 saturated carbocycles. The van der Waals surface area contributed by atoms with Gasteiger partial charge in [0.25, 0.3) is 5.91 Å². The van der Waals surface area contributed by atoms with Gasteiger partial charge in [-0.2, -0.15) is 0 Å². The van der Waals surface area contributed by atoms with Gasteiger partial charge < -0.3 is 20.1 Å². The van der Waals surface area contributed by atoms with Crippen LogP contribution >= 0.6 is 0 Å². The predicted octanol–water partition coefficient (Wildman–Crippen LogP) is 0.385. The van der Waals surface area contributed by atoms with Crippen molar-refractivity contribution >= 4 is 29.3 Å². The highest BCUT2D eigenvalue weighted by molar-refractivity contribution is 5.99. The number of benzene rings is 1. The highest BCUT2D eigenvalue weighted by Gasteiger charge is 2.35. The Kier molecular flexibility index (Phi) is 4.58. The van der Waals surface area contributed by atoms with Gasteiger partial charge in [-0.05, 0) is 18.2 Å². The fraction of sp³-hybridized carbons (Fsp3) is 0.438. The Bertz CT molecular complexity index is 726. The lowest BCUT2D eigenvalue weighted by Crippen LogP contribution is -2.33. The van der Waals surface area contributed by atoms with Crippen molar-refractivity contribution < 1.29 is 28.6 Å². The first kappa shape index (κ1) is 17.2. The molecule has 3 amide bonds. The number of amides is 3. The third kappa shape index (κ3) is 3.41. The number of halogens is 1. The van der Waals surface area contributed by atoms with Crippen molar-refractivity contribution in [3.05, 3.63) is 24.0 Å². The number of nitrogens with zero attached hydrogens (tertiary/aromatic N) is 2.